The summed E-state index contributed by atoms with van der Waals surface area (Å²) in [7, 11) is 1.63. The van der Waals surface area contributed by atoms with Crippen molar-refractivity contribution >= 4 is 5.69 Å². The maximum Gasteiger partial charge on any atom is 0.119 e. The van der Waals surface area contributed by atoms with Gasteiger partial charge in [0.1, 0.15) is 5.75 Å². The lowest BCUT2D eigenvalue weighted by atomic mass is 10.3. The first kappa shape index (κ1) is 14.9. The average Bonchev–Trinajstić information content (AvgIpc) is 2.43. The molecule has 0 bridgehead atoms. The van der Waals surface area contributed by atoms with E-state index in [0.29, 0.717) is 18.8 Å². The van der Waals surface area contributed by atoms with E-state index >= 15 is 0 Å². The van der Waals surface area contributed by atoms with E-state index < -0.39 is 0 Å². The molecule has 0 fully saturated rings. The molecule has 5 N–H and O–H groups in total. The number of allylic oxidation sites excluding steroid dienone is 2. The number of hydrogen-bond acceptors (Lipinski definition) is 6. The van der Waals surface area contributed by atoms with E-state index in [1.807, 2.05) is 36.4 Å². The molecule has 0 aliphatic carbocycles. The topological polar surface area (TPSA) is 98.0 Å². The van der Waals surface area contributed by atoms with Crippen LogP contribution in [0.4, 0.5) is 5.69 Å². The minimum Gasteiger partial charge on any atom is -0.497 e. The van der Waals surface area contributed by atoms with Gasteiger partial charge in [-0.2, -0.15) is 10.2 Å². The second-order valence-electron chi connectivity index (χ2n) is 3.67. The molecule has 1 aromatic carbocycles. The summed E-state index contributed by atoms with van der Waals surface area (Å²) in [5.41, 5.74) is 9.54. The Labute approximate surface area is 112 Å². The maximum atomic E-state index is 5.62. The summed E-state index contributed by atoms with van der Waals surface area (Å²) in [6, 6.07) is 7.37. The van der Waals surface area contributed by atoms with Crippen molar-refractivity contribution in [3.63, 3.8) is 0 Å². The monoisotopic (exact) mass is 261 g/mol. The summed E-state index contributed by atoms with van der Waals surface area (Å²) in [4.78, 5) is 0. The highest BCUT2D eigenvalue weighted by Gasteiger charge is 1.90. The molecule has 0 aliphatic heterocycles. The van der Waals surface area contributed by atoms with Crippen LogP contribution in [0.5, 0.6) is 5.75 Å². The lowest BCUT2D eigenvalue weighted by molar-refractivity contribution is 0.415. The van der Waals surface area contributed by atoms with E-state index in [1.54, 1.807) is 13.2 Å². The number of methoxy groups -OCH3 is 1. The first-order valence-electron chi connectivity index (χ1n) is 5.82. The van der Waals surface area contributed by atoms with E-state index in [2.05, 4.69) is 15.7 Å². The molecule has 6 nitrogen and oxygen atoms in total. The van der Waals surface area contributed by atoms with Crippen molar-refractivity contribution in [3.8, 4) is 5.75 Å². The van der Waals surface area contributed by atoms with Crippen molar-refractivity contribution in [3.05, 3.63) is 48.2 Å². The summed E-state index contributed by atoms with van der Waals surface area (Å²) >= 11 is 0. The van der Waals surface area contributed by atoms with Crippen LogP contribution in [0.2, 0.25) is 0 Å². The van der Waals surface area contributed by atoms with E-state index in [1.165, 1.54) is 0 Å². The Morgan fingerprint density at radius 3 is 2.74 bits per heavy atom. The van der Waals surface area contributed by atoms with Gasteiger partial charge < -0.3 is 10.5 Å². The maximum absolute atomic E-state index is 5.62. The van der Waals surface area contributed by atoms with Crippen LogP contribution in [0.25, 0.3) is 0 Å². The molecule has 0 atom stereocenters. The molecule has 102 valence electrons. The molecule has 0 amide bonds. The highest BCUT2D eigenvalue weighted by atomic mass is 16.5. The van der Waals surface area contributed by atoms with Gasteiger partial charge in [0.05, 0.1) is 19.3 Å². The quantitative estimate of drug-likeness (QED) is 0.301. The number of hydrazine groups is 1. The summed E-state index contributed by atoms with van der Waals surface area (Å²) in [5.74, 6) is 5.93. The number of nitrogens with two attached hydrogens (primary N) is 2. The number of ether oxygens (including phenoxy) is 1. The summed E-state index contributed by atoms with van der Waals surface area (Å²) < 4.78 is 5.05. The molecule has 6 heteroatoms. The molecule has 0 aromatic heterocycles. The Balaban J connectivity index is 2.37. The van der Waals surface area contributed by atoms with Crippen LogP contribution in [0.3, 0.4) is 0 Å². The molecule has 0 spiro atoms. The molecule has 0 radical (unpaired) electrons. The van der Waals surface area contributed by atoms with Crippen LogP contribution < -0.4 is 21.7 Å². The summed E-state index contributed by atoms with van der Waals surface area (Å²) in [6.07, 6.45) is 5.44. The van der Waals surface area contributed by atoms with Gasteiger partial charge in [-0.15, -0.1) is 0 Å². The highest BCUT2D eigenvalue weighted by Crippen LogP contribution is 2.17. The van der Waals surface area contributed by atoms with Gasteiger partial charge in [-0.3, -0.25) is 11.3 Å². The molecule has 0 aliphatic rings. The lowest BCUT2D eigenvalue weighted by Crippen LogP contribution is -2.26. The molecule has 0 heterocycles. The van der Waals surface area contributed by atoms with Gasteiger partial charge in [0.25, 0.3) is 0 Å². The molecule has 0 unspecified atom stereocenters. The normalized spacial score (nSPS) is 12.4. The van der Waals surface area contributed by atoms with Crippen LogP contribution in [-0.4, -0.2) is 20.2 Å². The van der Waals surface area contributed by atoms with Crippen molar-refractivity contribution in [2.45, 2.75) is 0 Å². The third-order valence-corrected chi connectivity index (χ3v) is 2.20. The van der Waals surface area contributed by atoms with Crippen molar-refractivity contribution in [2.75, 3.05) is 20.2 Å². The van der Waals surface area contributed by atoms with Crippen LogP contribution in [0.15, 0.2) is 58.4 Å². The Morgan fingerprint density at radius 1 is 1.37 bits per heavy atom. The zero-order valence-electron chi connectivity index (χ0n) is 10.9. The first-order valence-corrected chi connectivity index (χ1v) is 5.82. The minimum atomic E-state index is 0.456. The van der Waals surface area contributed by atoms with Gasteiger partial charge in [0, 0.05) is 12.2 Å². The summed E-state index contributed by atoms with van der Waals surface area (Å²) in [6.45, 7) is 0.948. The smallest absolute Gasteiger partial charge is 0.119 e. The van der Waals surface area contributed by atoms with Crippen molar-refractivity contribution < 1.29 is 4.74 Å². The fourth-order valence-electron chi connectivity index (χ4n) is 1.25. The third kappa shape index (κ3) is 6.35. The van der Waals surface area contributed by atoms with E-state index in [-0.39, 0.29) is 0 Å². The Morgan fingerprint density at radius 2 is 2.11 bits per heavy atom. The first-order chi connectivity index (χ1) is 9.26. The Bertz CT molecular complexity index is 451. The zero-order chi connectivity index (χ0) is 13.9. The Hall–Kier alpha value is -2.18. The van der Waals surface area contributed by atoms with E-state index in [0.717, 1.165) is 11.4 Å². The second kappa shape index (κ2) is 8.84. The van der Waals surface area contributed by atoms with Crippen LogP contribution in [0.1, 0.15) is 0 Å². The van der Waals surface area contributed by atoms with Crippen LogP contribution >= 0.6 is 0 Å². The number of azo groups is 1. The van der Waals surface area contributed by atoms with E-state index in [4.69, 9.17) is 16.3 Å². The predicted octanol–water partition coefficient (Wildman–Crippen LogP) is 1.64. The minimum absolute atomic E-state index is 0.456. The molecule has 1 aromatic rings. The molecule has 0 saturated carbocycles. The number of nitrogens with zero attached hydrogens (tertiary/aromatic N) is 2. The van der Waals surface area contributed by atoms with Gasteiger partial charge in [0.2, 0.25) is 0 Å². The average molecular weight is 261 g/mol. The highest BCUT2D eigenvalue weighted by molar-refractivity contribution is 5.40. The molecule has 1 rings (SSSR count). The molecular weight excluding hydrogens is 242 g/mol. The third-order valence-electron chi connectivity index (χ3n) is 2.20. The number of benzene rings is 1. The van der Waals surface area contributed by atoms with Crippen molar-refractivity contribution in [1.29, 1.82) is 0 Å². The Kier molecular flexibility index (Phi) is 6.93. The van der Waals surface area contributed by atoms with Gasteiger partial charge in [0.15, 0.2) is 0 Å². The SMILES string of the molecule is COc1ccc(N=NC/C=C\C=C(\N)CNN)cc1. The second-order valence-corrected chi connectivity index (χ2v) is 3.67. The number of rotatable bonds is 7. The fourth-order valence-corrected chi connectivity index (χ4v) is 1.25. The van der Waals surface area contributed by atoms with Crippen LogP contribution in [-0.2, 0) is 0 Å². The lowest BCUT2D eigenvalue weighted by Gasteiger charge is -1.97. The van der Waals surface area contributed by atoms with Crippen molar-refractivity contribution in [1.82, 2.24) is 5.43 Å². The zero-order valence-corrected chi connectivity index (χ0v) is 10.9. The van der Waals surface area contributed by atoms with Gasteiger partial charge in [-0.1, -0.05) is 12.2 Å². The van der Waals surface area contributed by atoms with Crippen LogP contribution in [0, 0.1) is 0 Å². The summed E-state index contributed by atoms with van der Waals surface area (Å²) in [5, 5.41) is 8.10. The van der Waals surface area contributed by atoms with Crippen molar-refractivity contribution in [2.24, 2.45) is 21.8 Å². The molecule has 0 saturated heterocycles. The number of nitrogens with one attached hydrogen (secondary N) is 1. The van der Waals surface area contributed by atoms with Gasteiger partial charge in [-0.05, 0) is 30.3 Å². The standard InChI is InChI=1S/C13H19N5O/c1-19-13-7-5-12(6-8-13)18-17-9-3-2-4-11(14)10-16-15/h2-8,16H,9-10,14-15H2,1H3/b3-2-,11-4+,18-17?. The van der Waals surface area contributed by atoms with Gasteiger partial charge in [-0.25, -0.2) is 0 Å². The largest absolute Gasteiger partial charge is 0.497 e. The molecular formula is C13H19N5O. The van der Waals surface area contributed by atoms with E-state index in [9.17, 15) is 0 Å². The number of hydrogen-bond donors (Lipinski definition) is 3. The molecule has 19 heavy (non-hydrogen) atoms. The van der Waals surface area contributed by atoms with Gasteiger partial charge >= 0.3 is 0 Å². The predicted molar refractivity (Wildman–Crippen MR) is 76.0 cm³/mol. The fraction of sp³-hybridized carbons (Fsp3) is 0.231.